The molecule has 2 atom stereocenters. The van der Waals surface area contributed by atoms with E-state index in [0.29, 0.717) is 12.0 Å². The van der Waals surface area contributed by atoms with Crippen LogP contribution in [0.3, 0.4) is 0 Å². The molecule has 3 aromatic rings. The lowest BCUT2D eigenvalue weighted by molar-refractivity contribution is 0.366. The van der Waals surface area contributed by atoms with E-state index in [1.165, 1.54) is 81.8 Å². The Bertz CT molecular complexity index is 811. The van der Waals surface area contributed by atoms with Crippen LogP contribution in [0.4, 0.5) is 0 Å². The van der Waals surface area contributed by atoms with E-state index in [1.807, 2.05) is 12.5 Å². The molecule has 0 aliphatic carbocycles. The Morgan fingerprint density at radius 1 is 0.719 bits per heavy atom. The number of unbranched alkanes of at least 4 members (excludes halogenated alkanes) is 9. The molecule has 0 N–H and O–H groups in total. The van der Waals surface area contributed by atoms with E-state index in [4.69, 9.17) is 0 Å². The van der Waals surface area contributed by atoms with Crippen molar-refractivity contribution in [2.24, 2.45) is 0 Å². The van der Waals surface area contributed by atoms with Crippen molar-refractivity contribution in [2.75, 3.05) is 0 Å². The van der Waals surface area contributed by atoms with Crippen molar-refractivity contribution in [2.45, 2.75) is 95.9 Å². The SMILES string of the molecule is CCCCCCCCCCCCC(C(Cc1ccccc1)c1ccccc1)n1ccnc1. The number of imidazole rings is 1. The second-order valence-corrected chi connectivity index (χ2v) is 9.25. The largest absolute Gasteiger partial charge is 0.334 e. The van der Waals surface area contributed by atoms with Crippen molar-refractivity contribution in [3.8, 4) is 0 Å². The zero-order valence-corrected chi connectivity index (χ0v) is 20.0. The van der Waals surface area contributed by atoms with Crippen LogP contribution in [0.2, 0.25) is 0 Å². The van der Waals surface area contributed by atoms with Crippen LogP contribution < -0.4 is 0 Å². The summed E-state index contributed by atoms with van der Waals surface area (Å²) >= 11 is 0. The molecule has 172 valence electrons. The van der Waals surface area contributed by atoms with Gasteiger partial charge in [0.1, 0.15) is 0 Å². The Labute approximate surface area is 196 Å². The van der Waals surface area contributed by atoms with Crippen LogP contribution in [0.15, 0.2) is 79.4 Å². The van der Waals surface area contributed by atoms with Crippen LogP contribution in [0.25, 0.3) is 0 Å². The first-order valence-electron chi connectivity index (χ1n) is 12.9. The van der Waals surface area contributed by atoms with Gasteiger partial charge in [0.25, 0.3) is 0 Å². The molecule has 1 aromatic heterocycles. The molecule has 0 saturated carbocycles. The number of rotatable bonds is 16. The topological polar surface area (TPSA) is 17.8 Å². The normalized spacial score (nSPS) is 13.2. The summed E-state index contributed by atoms with van der Waals surface area (Å²) < 4.78 is 2.36. The van der Waals surface area contributed by atoms with Crippen molar-refractivity contribution in [3.05, 3.63) is 90.5 Å². The van der Waals surface area contributed by atoms with Gasteiger partial charge in [0, 0.05) is 24.4 Å². The van der Waals surface area contributed by atoms with E-state index in [9.17, 15) is 0 Å². The van der Waals surface area contributed by atoms with Gasteiger partial charge < -0.3 is 4.57 Å². The van der Waals surface area contributed by atoms with Gasteiger partial charge in [-0.05, 0) is 24.0 Å². The molecular weight excluding hydrogens is 388 g/mol. The Kier molecular flexibility index (Phi) is 11.1. The second kappa shape index (κ2) is 14.7. The third-order valence-electron chi connectivity index (χ3n) is 6.75. The molecule has 0 aliphatic rings. The van der Waals surface area contributed by atoms with Crippen LogP contribution in [-0.4, -0.2) is 9.55 Å². The van der Waals surface area contributed by atoms with E-state index in [0.717, 1.165) is 6.42 Å². The van der Waals surface area contributed by atoms with Crippen LogP contribution in [0, 0.1) is 0 Å². The zero-order chi connectivity index (χ0) is 22.3. The first kappa shape index (κ1) is 24.3. The third kappa shape index (κ3) is 8.30. The van der Waals surface area contributed by atoms with Crippen molar-refractivity contribution >= 4 is 0 Å². The van der Waals surface area contributed by atoms with Crippen molar-refractivity contribution in [3.63, 3.8) is 0 Å². The highest BCUT2D eigenvalue weighted by molar-refractivity contribution is 5.25. The van der Waals surface area contributed by atoms with Crippen LogP contribution in [-0.2, 0) is 6.42 Å². The maximum Gasteiger partial charge on any atom is 0.0948 e. The summed E-state index contributed by atoms with van der Waals surface area (Å²) in [5.74, 6) is 0.450. The smallest absolute Gasteiger partial charge is 0.0948 e. The second-order valence-electron chi connectivity index (χ2n) is 9.25. The number of nitrogens with zero attached hydrogens (tertiary/aromatic N) is 2. The highest BCUT2D eigenvalue weighted by Crippen LogP contribution is 2.36. The van der Waals surface area contributed by atoms with E-state index >= 15 is 0 Å². The molecule has 2 heteroatoms. The Morgan fingerprint density at radius 3 is 1.91 bits per heavy atom. The van der Waals surface area contributed by atoms with Gasteiger partial charge in [0.05, 0.1) is 6.33 Å². The van der Waals surface area contributed by atoms with Gasteiger partial charge in [-0.25, -0.2) is 4.98 Å². The minimum atomic E-state index is 0.439. The minimum Gasteiger partial charge on any atom is -0.334 e. The van der Waals surface area contributed by atoms with Gasteiger partial charge in [0.15, 0.2) is 0 Å². The number of hydrogen-bond acceptors (Lipinski definition) is 1. The molecule has 32 heavy (non-hydrogen) atoms. The van der Waals surface area contributed by atoms with Crippen molar-refractivity contribution in [1.82, 2.24) is 9.55 Å². The first-order chi connectivity index (χ1) is 15.9. The predicted molar refractivity (Wildman–Crippen MR) is 137 cm³/mol. The molecule has 3 rings (SSSR count). The average Bonchev–Trinajstić information content (AvgIpc) is 3.37. The van der Waals surface area contributed by atoms with Crippen LogP contribution in [0.1, 0.15) is 101 Å². The molecule has 0 radical (unpaired) electrons. The van der Waals surface area contributed by atoms with Crippen LogP contribution in [0.5, 0.6) is 0 Å². The fourth-order valence-corrected chi connectivity index (χ4v) is 4.91. The van der Waals surface area contributed by atoms with Gasteiger partial charge in [-0.2, -0.15) is 0 Å². The highest BCUT2D eigenvalue weighted by atomic mass is 15.1. The molecule has 0 fully saturated rings. The van der Waals surface area contributed by atoms with Gasteiger partial charge in [-0.15, -0.1) is 0 Å². The number of hydrogen-bond donors (Lipinski definition) is 0. The van der Waals surface area contributed by atoms with E-state index in [1.54, 1.807) is 0 Å². The quantitative estimate of drug-likeness (QED) is 0.208. The zero-order valence-electron chi connectivity index (χ0n) is 20.0. The molecule has 0 spiro atoms. The maximum absolute atomic E-state index is 4.39. The molecule has 2 unspecified atom stereocenters. The lowest BCUT2D eigenvalue weighted by Crippen LogP contribution is -2.19. The standard InChI is InChI=1S/C30H42N2/c1-2-3-4-5-6-7-8-9-10-17-22-30(32-24-23-31-26-32)29(28-20-15-12-16-21-28)25-27-18-13-11-14-19-27/h11-16,18-21,23-24,26,29-30H,2-10,17,22,25H2,1H3. The molecular formula is C30H42N2. The summed E-state index contributed by atoms with van der Waals surface area (Å²) in [4.78, 5) is 4.39. The molecule has 0 bridgehead atoms. The van der Waals surface area contributed by atoms with Crippen LogP contribution >= 0.6 is 0 Å². The molecule has 1 heterocycles. The Balaban J connectivity index is 1.58. The molecule has 2 nitrogen and oxygen atoms in total. The summed E-state index contributed by atoms with van der Waals surface area (Å²) in [7, 11) is 0. The Hall–Kier alpha value is -2.35. The minimum absolute atomic E-state index is 0.439. The molecule has 2 aromatic carbocycles. The van der Waals surface area contributed by atoms with Crippen molar-refractivity contribution < 1.29 is 0 Å². The summed E-state index contributed by atoms with van der Waals surface area (Å²) in [6.45, 7) is 2.29. The Morgan fingerprint density at radius 2 is 1.31 bits per heavy atom. The molecule has 0 aliphatic heterocycles. The maximum atomic E-state index is 4.39. The molecule has 0 saturated heterocycles. The highest BCUT2D eigenvalue weighted by Gasteiger charge is 2.24. The van der Waals surface area contributed by atoms with E-state index in [-0.39, 0.29) is 0 Å². The lowest BCUT2D eigenvalue weighted by Gasteiger charge is -2.29. The lowest BCUT2D eigenvalue weighted by atomic mass is 9.83. The summed E-state index contributed by atoms with van der Waals surface area (Å²) in [5, 5.41) is 0. The fraction of sp³-hybridized carbons (Fsp3) is 0.500. The summed E-state index contributed by atoms with van der Waals surface area (Å²) in [6, 6.07) is 22.5. The predicted octanol–water partition coefficient (Wildman–Crippen LogP) is 8.76. The van der Waals surface area contributed by atoms with Gasteiger partial charge in [-0.1, -0.05) is 132 Å². The van der Waals surface area contributed by atoms with E-state index in [2.05, 4.69) is 83.3 Å². The van der Waals surface area contributed by atoms with Crippen molar-refractivity contribution in [1.29, 1.82) is 0 Å². The monoisotopic (exact) mass is 430 g/mol. The summed E-state index contributed by atoms with van der Waals surface area (Å²) in [6.07, 6.45) is 22.2. The first-order valence-corrected chi connectivity index (χ1v) is 12.9. The number of aromatic nitrogens is 2. The molecule has 0 amide bonds. The van der Waals surface area contributed by atoms with Gasteiger partial charge in [-0.3, -0.25) is 0 Å². The van der Waals surface area contributed by atoms with Gasteiger partial charge >= 0.3 is 0 Å². The fourth-order valence-electron chi connectivity index (χ4n) is 4.91. The van der Waals surface area contributed by atoms with Gasteiger partial charge in [0.2, 0.25) is 0 Å². The third-order valence-corrected chi connectivity index (χ3v) is 6.75. The average molecular weight is 431 g/mol. The summed E-state index contributed by atoms with van der Waals surface area (Å²) in [5.41, 5.74) is 2.84. The number of benzene rings is 2. The van der Waals surface area contributed by atoms with E-state index < -0.39 is 0 Å².